The number of nitrogens with zero attached hydrogens (tertiary/aromatic N) is 2. The van der Waals surface area contributed by atoms with Crippen LogP contribution in [0.2, 0.25) is 0 Å². The number of hydrogen-bond donors (Lipinski definition) is 2. The average Bonchev–Trinajstić information content (AvgIpc) is 2.95. The summed E-state index contributed by atoms with van der Waals surface area (Å²) in [6.45, 7) is 0.528. The van der Waals surface area contributed by atoms with Gasteiger partial charge in [0.2, 0.25) is 23.6 Å². The minimum Gasteiger partial charge on any atom is -0.481 e. The third-order valence-corrected chi connectivity index (χ3v) is 3.63. The summed E-state index contributed by atoms with van der Waals surface area (Å²) in [5.41, 5.74) is 5.70. The van der Waals surface area contributed by atoms with Crippen LogP contribution in [0.3, 0.4) is 0 Å². The molecule has 1 aliphatic carbocycles. The Kier molecular flexibility index (Phi) is 4.73. The van der Waals surface area contributed by atoms with Gasteiger partial charge in [-0.2, -0.15) is 9.97 Å². The van der Waals surface area contributed by atoms with E-state index in [4.69, 9.17) is 15.2 Å². The third-order valence-electron chi connectivity index (χ3n) is 3.63. The van der Waals surface area contributed by atoms with E-state index in [1.165, 1.54) is 14.2 Å². The summed E-state index contributed by atoms with van der Waals surface area (Å²) in [4.78, 5) is 20.4. The largest absolute Gasteiger partial charge is 0.481 e. The van der Waals surface area contributed by atoms with Gasteiger partial charge in [0.15, 0.2) is 0 Å². The van der Waals surface area contributed by atoms with Gasteiger partial charge in [0.05, 0.1) is 20.3 Å². The van der Waals surface area contributed by atoms with Crippen molar-refractivity contribution >= 4 is 11.9 Å². The van der Waals surface area contributed by atoms with Gasteiger partial charge >= 0.3 is 0 Å². The van der Waals surface area contributed by atoms with Gasteiger partial charge in [-0.15, -0.1) is 0 Å². The molecule has 7 nitrogen and oxygen atoms in total. The van der Waals surface area contributed by atoms with Crippen LogP contribution in [-0.4, -0.2) is 36.6 Å². The van der Waals surface area contributed by atoms with Gasteiger partial charge in [-0.25, -0.2) is 0 Å². The molecule has 20 heavy (non-hydrogen) atoms. The number of anilines is 1. The molecule has 0 bridgehead atoms. The molecule has 1 saturated carbocycles. The maximum absolute atomic E-state index is 12.3. The Morgan fingerprint density at radius 1 is 1.35 bits per heavy atom. The lowest BCUT2D eigenvalue weighted by Crippen LogP contribution is -2.30. The molecule has 1 amide bonds. The van der Waals surface area contributed by atoms with Gasteiger partial charge in [-0.1, -0.05) is 6.42 Å². The normalized spacial score (nSPS) is 21.6. The fraction of sp³-hybridized carbons (Fsp3) is 0.615. The zero-order valence-corrected chi connectivity index (χ0v) is 11.8. The first-order valence-corrected chi connectivity index (χ1v) is 6.66. The zero-order chi connectivity index (χ0) is 14.5. The Bertz CT molecular complexity index is 458. The number of ether oxygens (including phenoxy) is 2. The first-order chi connectivity index (χ1) is 9.67. The highest BCUT2D eigenvalue weighted by Gasteiger charge is 2.32. The van der Waals surface area contributed by atoms with Crippen LogP contribution in [0.4, 0.5) is 5.95 Å². The number of methoxy groups -OCH3 is 2. The highest BCUT2D eigenvalue weighted by molar-refractivity contribution is 5.91. The lowest BCUT2D eigenvalue weighted by atomic mass is 9.95. The third kappa shape index (κ3) is 3.16. The van der Waals surface area contributed by atoms with E-state index in [1.54, 1.807) is 6.07 Å². The molecule has 1 heterocycles. The molecule has 2 rings (SSSR count). The molecule has 3 N–H and O–H groups in total. The van der Waals surface area contributed by atoms with Crippen molar-refractivity contribution in [2.24, 2.45) is 17.6 Å². The molecule has 2 atom stereocenters. The number of nitrogens with two attached hydrogens (primary N) is 1. The second-order valence-corrected chi connectivity index (χ2v) is 4.80. The van der Waals surface area contributed by atoms with E-state index >= 15 is 0 Å². The number of aromatic nitrogens is 2. The van der Waals surface area contributed by atoms with Crippen molar-refractivity contribution in [3.05, 3.63) is 6.07 Å². The lowest BCUT2D eigenvalue weighted by molar-refractivity contribution is -0.120. The van der Waals surface area contributed by atoms with E-state index in [9.17, 15) is 4.79 Å². The number of hydrogen-bond acceptors (Lipinski definition) is 6. The van der Waals surface area contributed by atoms with E-state index < -0.39 is 0 Å². The topological polar surface area (TPSA) is 99.4 Å². The van der Waals surface area contributed by atoms with Gasteiger partial charge in [0, 0.05) is 5.92 Å². The molecule has 0 saturated heterocycles. The molecule has 1 aromatic heterocycles. The van der Waals surface area contributed by atoms with Gasteiger partial charge in [-0.05, 0) is 25.3 Å². The van der Waals surface area contributed by atoms with Crippen molar-refractivity contribution in [2.75, 3.05) is 26.1 Å². The number of carbonyl (C=O) groups excluding carboxylic acids is 1. The molecular weight excluding hydrogens is 260 g/mol. The van der Waals surface area contributed by atoms with Crippen molar-refractivity contribution < 1.29 is 14.3 Å². The fourth-order valence-electron chi connectivity index (χ4n) is 2.54. The number of carbonyl (C=O) groups is 1. The van der Waals surface area contributed by atoms with Crippen LogP contribution >= 0.6 is 0 Å². The van der Waals surface area contributed by atoms with E-state index in [2.05, 4.69) is 15.3 Å². The summed E-state index contributed by atoms with van der Waals surface area (Å²) in [6, 6.07) is 1.55. The Labute approximate surface area is 117 Å². The first kappa shape index (κ1) is 14.5. The maximum Gasteiger partial charge on any atom is 0.236 e. The number of nitrogens with one attached hydrogen (secondary N) is 1. The molecule has 1 fully saturated rings. The van der Waals surface area contributed by atoms with Crippen LogP contribution in [0, 0.1) is 11.8 Å². The van der Waals surface area contributed by atoms with Crippen LogP contribution < -0.4 is 20.5 Å². The molecule has 0 aliphatic heterocycles. The summed E-state index contributed by atoms with van der Waals surface area (Å²) >= 11 is 0. The summed E-state index contributed by atoms with van der Waals surface area (Å²) in [5, 5.41) is 2.72. The smallest absolute Gasteiger partial charge is 0.236 e. The Balaban J connectivity index is 2.10. The van der Waals surface area contributed by atoms with Crippen molar-refractivity contribution in [1.29, 1.82) is 0 Å². The van der Waals surface area contributed by atoms with E-state index in [1.807, 2.05) is 0 Å². The van der Waals surface area contributed by atoms with E-state index in [0.717, 1.165) is 19.3 Å². The van der Waals surface area contributed by atoms with Crippen molar-refractivity contribution in [3.63, 3.8) is 0 Å². The average molecular weight is 280 g/mol. The Morgan fingerprint density at radius 2 is 2.00 bits per heavy atom. The summed E-state index contributed by atoms with van der Waals surface area (Å²) < 4.78 is 10.1. The Hall–Kier alpha value is -1.89. The fourth-order valence-corrected chi connectivity index (χ4v) is 2.54. The second-order valence-electron chi connectivity index (χ2n) is 4.80. The molecule has 0 spiro atoms. The minimum absolute atomic E-state index is 0.0687. The van der Waals surface area contributed by atoms with Crippen LogP contribution in [-0.2, 0) is 4.79 Å². The van der Waals surface area contributed by atoms with Gasteiger partial charge < -0.3 is 15.2 Å². The van der Waals surface area contributed by atoms with Crippen molar-refractivity contribution in [1.82, 2.24) is 9.97 Å². The van der Waals surface area contributed by atoms with Gasteiger partial charge in [0.1, 0.15) is 0 Å². The highest BCUT2D eigenvalue weighted by Crippen LogP contribution is 2.31. The SMILES string of the molecule is COc1cc(OC)nc(NC(=O)C2CCCC2CN)n1. The number of rotatable bonds is 5. The molecule has 1 aliphatic rings. The summed E-state index contributed by atoms with van der Waals surface area (Å²) in [7, 11) is 2.99. The van der Waals surface area contributed by atoms with Crippen LogP contribution in [0.25, 0.3) is 0 Å². The van der Waals surface area contributed by atoms with Gasteiger partial charge in [0.25, 0.3) is 0 Å². The second kappa shape index (κ2) is 6.51. The van der Waals surface area contributed by atoms with Crippen LogP contribution in [0.15, 0.2) is 6.07 Å². The molecule has 110 valence electrons. The molecule has 0 aromatic carbocycles. The van der Waals surface area contributed by atoms with Crippen LogP contribution in [0.1, 0.15) is 19.3 Å². The quantitative estimate of drug-likeness (QED) is 0.828. The molecule has 2 unspecified atom stereocenters. The predicted molar refractivity (Wildman–Crippen MR) is 73.7 cm³/mol. The standard InChI is InChI=1S/C13H20N4O3/c1-19-10-6-11(20-2)16-13(15-10)17-12(18)9-5-3-4-8(9)7-14/h6,8-9H,3-5,7,14H2,1-2H3,(H,15,16,17,18). The van der Waals surface area contributed by atoms with E-state index in [-0.39, 0.29) is 23.7 Å². The summed E-state index contributed by atoms with van der Waals surface area (Å²) in [5.74, 6) is 0.952. The zero-order valence-electron chi connectivity index (χ0n) is 11.8. The molecular formula is C13H20N4O3. The van der Waals surface area contributed by atoms with Crippen molar-refractivity contribution in [3.8, 4) is 11.8 Å². The van der Waals surface area contributed by atoms with Crippen LogP contribution in [0.5, 0.6) is 11.8 Å². The lowest BCUT2D eigenvalue weighted by Gasteiger charge is -2.16. The predicted octanol–water partition coefficient (Wildman–Crippen LogP) is 0.807. The van der Waals surface area contributed by atoms with Crippen molar-refractivity contribution in [2.45, 2.75) is 19.3 Å². The Morgan fingerprint density at radius 3 is 2.55 bits per heavy atom. The molecule has 1 aromatic rings. The van der Waals surface area contributed by atoms with Gasteiger partial charge in [-0.3, -0.25) is 10.1 Å². The first-order valence-electron chi connectivity index (χ1n) is 6.66. The highest BCUT2D eigenvalue weighted by atomic mass is 16.5. The summed E-state index contributed by atoms with van der Waals surface area (Å²) in [6.07, 6.45) is 2.88. The molecule has 0 radical (unpaired) electrons. The monoisotopic (exact) mass is 280 g/mol. The van der Waals surface area contributed by atoms with E-state index in [0.29, 0.717) is 18.3 Å². The maximum atomic E-state index is 12.3. The molecule has 7 heteroatoms. The number of amides is 1. The minimum atomic E-state index is -0.0896.